The average molecular weight is 370 g/mol. The van der Waals surface area contributed by atoms with Gasteiger partial charge in [0.1, 0.15) is 0 Å². The number of benzene rings is 1. The van der Waals surface area contributed by atoms with Gasteiger partial charge in [0.15, 0.2) is 10.3 Å². The Bertz CT molecular complexity index is 651. The lowest BCUT2D eigenvalue weighted by Crippen LogP contribution is -2.16. The summed E-state index contributed by atoms with van der Waals surface area (Å²) in [6, 6.07) is 10.3. The molecule has 2 aromatic heterocycles. The number of aliphatic hydroxyl groups is 2. The van der Waals surface area contributed by atoms with Crippen molar-refractivity contribution in [2.24, 2.45) is 0 Å². The van der Waals surface area contributed by atoms with Gasteiger partial charge in [-0.2, -0.15) is 0 Å². The standard InChI is InChI=1S/C12H11N4PS2.2CH4O/c13-11-15-6-9(18-11)17(8-4-2-1-3-5-8)10-7-16-12(14)19-10;2*1-2/h1-7H,(H2,13,15)(H2,14,16);2*2H,1H3. The lowest BCUT2D eigenvalue weighted by Gasteiger charge is -2.13. The lowest BCUT2D eigenvalue weighted by atomic mass is 10.4. The summed E-state index contributed by atoms with van der Waals surface area (Å²) in [6.45, 7) is 0. The van der Waals surface area contributed by atoms with E-state index in [1.807, 2.05) is 30.6 Å². The van der Waals surface area contributed by atoms with Crippen LogP contribution in [-0.4, -0.2) is 34.4 Å². The Labute approximate surface area is 144 Å². The Kier molecular flexibility index (Phi) is 8.68. The minimum Gasteiger partial charge on any atom is -0.400 e. The zero-order chi connectivity index (χ0) is 17.2. The Balaban J connectivity index is 0.000000615. The molecular formula is C14H19N4O2PS2. The molecule has 0 bridgehead atoms. The molecule has 6 nitrogen and oxygen atoms in total. The summed E-state index contributed by atoms with van der Waals surface area (Å²) in [6.07, 6.45) is 3.71. The van der Waals surface area contributed by atoms with Gasteiger partial charge in [-0.15, -0.1) is 0 Å². The minimum atomic E-state index is -0.652. The van der Waals surface area contributed by atoms with Crippen LogP contribution in [0.2, 0.25) is 0 Å². The van der Waals surface area contributed by atoms with Crippen molar-refractivity contribution in [2.45, 2.75) is 0 Å². The van der Waals surface area contributed by atoms with Gasteiger partial charge in [-0.1, -0.05) is 53.0 Å². The number of nitrogens with two attached hydrogens (primary N) is 2. The maximum Gasteiger partial charge on any atom is 0.180 e. The zero-order valence-corrected chi connectivity index (χ0v) is 15.3. The van der Waals surface area contributed by atoms with E-state index < -0.39 is 7.92 Å². The van der Waals surface area contributed by atoms with Crippen LogP contribution in [0.25, 0.3) is 0 Å². The van der Waals surface area contributed by atoms with Gasteiger partial charge in [0.05, 0.1) is 9.24 Å². The Morgan fingerprint density at radius 2 is 1.26 bits per heavy atom. The maximum atomic E-state index is 7.00. The van der Waals surface area contributed by atoms with Gasteiger partial charge in [0.2, 0.25) is 0 Å². The van der Waals surface area contributed by atoms with Crippen molar-refractivity contribution < 1.29 is 10.2 Å². The fraction of sp³-hybridized carbons (Fsp3) is 0.143. The molecule has 3 aromatic rings. The number of hydrogen-bond acceptors (Lipinski definition) is 8. The van der Waals surface area contributed by atoms with Crippen LogP contribution in [0, 0.1) is 0 Å². The number of anilines is 2. The first kappa shape index (κ1) is 19.5. The number of nitrogens with zero attached hydrogens (tertiary/aromatic N) is 2. The molecule has 0 fully saturated rings. The first-order valence-corrected chi connectivity index (χ1v) is 9.39. The second kappa shape index (κ2) is 10.3. The maximum absolute atomic E-state index is 7.00. The van der Waals surface area contributed by atoms with Crippen LogP contribution in [0.15, 0.2) is 42.7 Å². The van der Waals surface area contributed by atoms with E-state index in [0.717, 1.165) is 14.2 Å². The molecule has 0 aliphatic rings. The van der Waals surface area contributed by atoms with Gasteiger partial charge in [0.25, 0.3) is 0 Å². The summed E-state index contributed by atoms with van der Waals surface area (Å²) in [5.41, 5.74) is 11.5. The molecule has 124 valence electrons. The highest BCUT2D eigenvalue weighted by Crippen LogP contribution is 2.37. The average Bonchev–Trinajstić information content (AvgIpc) is 3.22. The Hall–Kier alpha value is -1.57. The largest absolute Gasteiger partial charge is 0.400 e. The van der Waals surface area contributed by atoms with Crippen molar-refractivity contribution in [3.05, 3.63) is 42.7 Å². The summed E-state index contributed by atoms with van der Waals surface area (Å²) < 4.78 is 2.34. The first-order valence-electron chi connectivity index (χ1n) is 6.41. The van der Waals surface area contributed by atoms with Crippen molar-refractivity contribution in [1.82, 2.24) is 9.97 Å². The monoisotopic (exact) mass is 370 g/mol. The summed E-state index contributed by atoms with van der Waals surface area (Å²) >= 11 is 3.06. The van der Waals surface area contributed by atoms with Gasteiger partial charge in [0, 0.05) is 34.5 Å². The van der Waals surface area contributed by atoms with E-state index in [1.165, 1.54) is 37.2 Å². The molecule has 23 heavy (non-hydrogen) atoms. The first-order chi connectivity index (χ1) is 11.2. The normalized spacial score (nSPS) is 9.61. The minimum absolute atomic E-state index is 0.593. The highest BCUT2D eigenvalue weighted by Gasteiger charge is 2.21. The summed E-state index contributed by atoms with van der Waals surface area (Å²) in [7, 11) is 1.35. The summed E-state index contributed by atoms with van der Waals surface area (Å²) in [4.78, 5) is 8.32. The molecule has 2 heterocycles. The summed E-state index contributed by atoms with van der Waals surface area (Å²) in [5.74, 6) is 0. The number of thiazole rings is 2. The molecule has 6 N–H and O–H groups in total. The molecule has 0 spiro atoms. The second-order valence-electron chi connectivity index (χ2n) is 3.74. The molecule has 0 unspecified atom stereocenters. The van der Waals surface area contributed by atoms with E-state index in [1.54, 1.807) is 0 Å². The van der Waals surface area contributed by atoms with Crippen molar-refractivity contribution in [3.8, 4) is 0 Å². The quantitative estimate of drug-likeness (QED) is 0.505. The molecular weight excluding hydrogens is 351 g/mol. The van der Waals surface area contributed by atoms with Gasteiger partial charge in [-0.25, -0.2) is 9.97 Å². The number of hydrogen-bond donors (Lipinski definition) is 4. The molecule has 0 aliphatic heterocycles. The second-order valence-corrected chi connectivity index (χ2v) is 8.62. The summed E-state index contributed by atoms with van der Waals surface area (Å²) in [5, 5.41) is 16.4. The van der Waals surface area contributed by atoms with Crippen LogP contribution < -0.4 is 26.0 Å². The molecule has 3 rings (SSSR count). The van der Waals surface area contributed by atoms with Crippen molar-refractivity contribution in [3.63, 3.8) is 0 Å². The van der Waals surface area contributed by atoms with E-state index in [-0.39, 0.29) is 0 Å². The topological polar surface area (TPSA) is 118 Å². The van der Waals surface area contributed by atoms with Crippen LogP contribution in [0.3, 0.4) is 0 Å². The Morgan fingerprint density at radius 3 is 1.61 bits per heavy atom. The van der Waals surface area contributed by atoms with E-state index in [4.69, 9.17) is 21.7 Å². The molecule has 0 radical (unpaired) electrons. The highest BCUT2D eigenvalue weighted by molar-refractivity contribution is 7.87. The molecule has 9 heteroatoms. The smallest absolute Gasteiger partial charge is 0.180 e. The van der Waals surface area contributed by atoms with Crippen molar-refractivity contribution >= 4 is 55.4 Å². The number of aromatic nitrogens is 2. The Morgan fingerprint density at radius 1 is 0.826 bits per heavy atom. The van der Waals surface area contributed by atoms with Crippen LogP contribution in [0.4, 0.5) is 10.3 Å². The predicted octanol–water partition coefficient (Wildman–Crippen LogP) is 0.739. The van der Waals surface area contributed by atoms with Gasteiger partial charge < -0.3 is 21.7 Å². The third kappa shape index (κ3) is 5.23. The van der Waals surface area contributed by atoms with Crippen LogP contribution >= 0.6 is 30.6 Å². The van der Waals surface area contributed by atoms with Crippen LogP contribution in [0.1, 0.15) is 0 Å². The molecule has 0 atom stereocenters. The fourth-order valence-corrected chi connectivity index (χ4v) is 6.78. The molecule has 1 aromatic carbocycles. The van der Waals surface area contributed by atoms with E-state index in [2.05, 4.69) is 22.1 Å². The fourth-order valence-electron chi connectivity index (χ4n) is 1.70. The van der Waals surface area contributed by atoms with Gasteiger partial charge >= 0.3 is 0 Å². The third-order valence-electron chi connectivity index (χ3n) is 2.48. The zero-order valence-electron chi connectivity index (χ0n) is 12.7. The van der Waals surface area contributed by atoms with E-state index >= 15 is 0 Å². The molecule has 0 aliphatic carbocycles. The van der Waals surface area contributed by atoms with Gasteiger partial charge in [-0.05, 0) is 5.30 Å². The predicted molar refractivity (Wildman–Crippen MR) is 102 cm³/mol. The van der Waals surface area contributed by atoms with Crippen molar-refractivity contribution in [2.75, 3.05) is 25.7 Å². The molecule has 0 saturated heterocycles. The highest BCUT2D eigenvalue weighted by atomic mass is 32.1. The number of rotatable bonds is 3. The van der Waals surface area contributed by atoms with E-state index in [0.29, 0.717) is 10.3 Å². The third-order valence-corrected chi connectivity index (χ3v) is 7.31. The van der Waals surface area contributed by atoms with Crippen molar-refractivity contribution in [1.29, 1.82) is 0 Å². The van der Waals surface area contributed by atoms with Crippen LogP contribution in [0.5, 0.6) is 0 Å². The number of aliphatic hydroxyl groups excluding tert-OH is 2. The molecule has 0 amide bonds. The molecule has 0 saturated carbocycles. The van der Waals surface area contributed by atoms with E-state index in [9.17, 15) is 0 Å². The van der Waals surface area contributed by atoms with Gasteiger partial charge in [-0.3, -0.25) is 0 Å². The van der Waals surface area contributed by atoms with Crippen LogP contribution in [-0.2, 0) is 0 Å². The lowest BCUT2D eigenvalue weighted by molar-refractivity contribution is 0.399. The number of nitrogen functional groups attached to an aromatic ring is 2. The SMILES string of the molecule is CO.CO.Nc1ncc(P(c2ccccc2)c2cnc(N)s2)s1.